The van der Waals surface area contributed by atoms with Crippen molar-refractivity contribution in [1.82, 2.24) is 4.90 Å². The lowest BCUT2D eigenvalue weighted by Gasteiger charge is -2.12. The molecule has 0 bridgehead atoms. The fourth-order valence-corrected chi connectivity index (χ4v) is 2.90. The van der Waals surface area contributed by atoms with Crippen molar-refractivity contribution in [1.29, 1.82) is 0 Å². The van der Waals surface area contributed by atoms with Crippen molar-refractivity contribution >= 4 is 46.8 Å². The van der Waals surface area contributed by atoms with Crippen LogP contribution in [0.4, 0.5) is 0 Å². The van der Waals surface area contributed by atoms with Gasteiger partial charge >= 0.3 is 5.97 Å². The first-order chi connectivity index (χ1) is 12.8. The molecule has 2 aromatic rings. The van der Waals surface area contributed by atoms with E-state index in [-0.39, 0.29) is 27.0 Å². The van der Waals surface area contributed by atoms with Crippen molar-refractivity contribution in [2.75, 3.05) is 13.2 Å². The van der Waals surface area contributed by atoms with E-state index in [1.165, 1.54) is 12.1 Å². The van der Waals surface area contributed by atoms with E-state index in [0.29, 0.717) is 5.56 Å². The second-order valence-electron chi connectivity index (χ2n) is 5.96. The zero-order valence-corrected chi connectivity index (χ0v) is 15.6. The first-order valence-electron chi connectivity index (χ1n) is 7.88. The Morgan fingerprint density at radius 3 is 2.00 bits per heavy atom. The van der Waals surface area contributed by atoms with Crippen LogP contribution in [0, 0.1) is 6.92 Å². The van der Waals surface area contributed by atoms with Gasteiger partial charge in [-0.05, 0) is 19.1 Å². The number of halogens is 2. The molecule has 6 nitrogen and oxygen atoms in total. The molecule has 0 aromatic heterocycles. The Kier molecular flexibility index (Phi) is 5.30. The molecule has 0 saturated carbocycles. The highest BCUT2D eigenvalue weighted by Crippen LogP contribution is 2.31. The number of carbonyl (C=O) groups excluding carboxylic acids is 4. The molecule has 1 heterocycles. The quantitative estimate of drug-likeness (QED) is 0.432. The van der Waals surface area contributed by atoms with Crippen LogP contribution in [0.15, 0.2) is 36.4 Å². The summed E-state index contributed by atoms with van der Waals surface area (Å²) >= 11 is 11.7. The third kappa shape index (κ3) is 3.86. The first kappa shape index (κ1) is 19.1. The number of benzene rings is 2. The minimum atomic E-state index is -0.873. The van der Waals surface area contributed by atoms with E-state index < -0.39 is 30.9 Å². The lowest BCUT2D eigenvalue weighted by atomic mass is 10.1. The third-order valence-electron chi connectivity index (χ3n) is 4.04. The van der Waals surface area contributed by atoms with Crippen molar-refractivity contribution in [3.05, 3.63) is 68.7 Å². The number of hydrogen-bond acceptors (Lipinski definition) is 5. The second kappa shape index (κ2) is 7.50. The topological polar surface area (TPSA) is 80.8 Å². The van der Waals surface area contributed by atoms with Crippen molar-refractivity contribution in [3.8, 4) is 0 Å². The monoisotopic (exact) mass is 405 g/mol. The number of nitrogens with zero attached hydrogens (tertiary/aromatic N) is 1. The number of hydrogen-bond donors (Lipinski definition) is 0. The van der Waals surface area contributed by atoms with Gasteiger partial charge in [-0.3, -0.25) is 24.1 Å². The van der Waals surface area contributed by atoms with Gasteiger partial charge in [0.1, 0.15) is 6.54 Å². The molecule has 27 heavy (non-hydrogen) atoms. The van der Waals surface area contributed by atoms with E-state index in [9.17, 15) is 19.2 Å². The second-order valence-corrected chi connectivity index (χ2v) is 6.77. The highest BCUT2D eigenvalue weighted by Gasteiger charge is 2.37. The Bertz CT molecular complexity index is 928. The van der Waals surface area contributed by atoms with E-state index in [4.69, 9.17) is 27.9 Å². The number of Topliss-reactive ketones (excluding diaryl/α,β-unsaturated/α-hetero) is 1. The van der Waals surface area contributed by atoms with E-state index in [2.05, 4.69) is 0 Å². The fourth-order valence-electron chi connectivity index (χ4n) is 2.57. The molecule has 0 saturated heterocycles. The van der Waals surface area contributed by atoms with Gasteiger partial charge in [0, 0.05) is 5.56 Å². The Balaban J connectivity index is 1.63. The summed E-state index contributed by atoms with van der Waals surface area (Å²) in [4.78, 5) is 49.4. The molecule has 0 radical (unpaired) electrons. The summed E-state index contributed by atoms with van der Waals surface area (Å²) in [7, 11) is 0. The van der Waals surface area contributed by atoms with Crippen LogP contribution in [0.25, 0.3) is 0 Å². The first-order valence-corrected chi connectivity index (χ1v) is 8.64. The third-order valence-corrected chi connectivity index (χ3v) is 4.76. The lowest BCUT2D eigenvalue weighted by Crippen LogP contribution is -2.36. The summed E-state index contributed by atoms with van der Waals surface area (Å²) in [6.45, 7) is 0.794. The summed E-state index contributed by atoms with van der Waals surface area (Å²) in [5.41, 5.74) is 1.53. The molecule has 2 aromatic carbocycles. The van der Waals surface area contributed by atoms with Crippen LogP contribution in [-0.2, 0) is 9.53 Å². The largest absolute Gasteiger partial charge is 0.456 e. The summed E-state index contributed by atoms with van der Waals surface area (Å²) < 4.78 is 4.91. The van der Waals surface area contributed by atoms with E-state index >= 15 is 0 Å². The number of imide groups is 1. The number of carbonyl (C=O) groups is 4. The number of fused-ring (bicyclic) bond motifs is 1. The van der Waals surface area contributed by atoms with Crippen molar-refractivity contribution in [2.24, 2.45) is 0 Å². The van der Waals surface area contributed by atoms with Crippen LogP contribution in [0.2, 0.25) is 10.0 Å². The van der Waals surface area contributed by atoms with Crippen LogP contribution in [0.3, 0.4) is 0 Å². The van der Waals surface area contributed by atoms with Gasteiger partial charge in [-0.2, -0.15) is 0 Å². The maximum Gasteiger partial charge on any atom is 0.326 e. The Labute approximate surface area is 164 Å². The van der Waals surface area contributed by atoms with Crippen LogP contribution in [0.1, 0.15) is 36.6 Å². The van der Waals surface area contributed by atoms with Crippen molar-refractivity contribution in [3.63, 3.8) is 0 Å². The summed E-state index contributed by atoms with van der Waals surface area (Å²) in [5, 5.41) is 0.259. The maximum absolute atomic E-state index is 12.3. The molecule has 0 N–H and O–H groups in total. The molecular weight excluding hydrogens is 393 g/mol. The number of aryl methyl sites for hydroxylation is 1. The smallest absolute Gasteiger partial charge is 0.326 e. The maximum atomic E-state index is 12.3. The molecule has 138 valence electrons. The van der Waals surface area contributed by atoms with Crippen molar-refractivity contribution in [2.45, 2.75) is 6.92 Å². The minimum absolute atomic E-state index is 0.0675. The molecule has 3 rings (SSSR count). The van der Waals surface area contributed by atoms with Gasteiger partial charge in [-0.1, -0.05) is 53.0 Å². The van der Waals surface area contributed by atoms with Gasteiger partial charge in [0.25, 0.3) is 11.8 Å². The molecule has 0 unspecified atom stereocenters. The SMILES string of the molecule is Cc1ccc(C(=O)COC(=O)CN2C(=O)c3cc(Cl)c(Cl)cc3C2=O)cc1. The van der Waals surface area contributed by atoms with E-state index in [0.717, 1.165) is 10.5 Å². The molecule has 0 fully saturated rings. The normalized spacial score (nSPS) is 12.9. The van der Waals surface area contributed by atoms with Gasteiger partial charge in [0.05, 0.1) is 21.2 Å². The van der Waals surface area contributed by atoms with Crippen molar-refractivity contribution < 1.29 is 23.9 Å². The van der Waals surface area contributed by atoms with Crippen LogP contribution >= 0.6 is 23.2 Å². The summed E-state index contributed by atoms with van der Waals surface area (Å²) in [6.07, 6.45) is 0. The fraction of sp³-hybridized carbons (Fsp3) is 0.158. The summed E-state index contributed by atoms with van der Waals surface area (Å²) in [6, 6.07) is 9.36. The Hall–Kier alpha value is -2.70. The predicted molar refractivity (Wildman–Crippen MR) is 98.3 cm³/mol. The van der Waals surface area contributed by atoms with Gasteiger partial charge in [0.2, 0.25) is 0 Å². The predicted octanol–water partition coefficient (Wildman–Crippen LogP) is 3.32. The molecule has 0 atom stereocenters. The molecule has 1 aliphatic heterocycles. The number of esters is 1. The molecule has 1 aliphatic rings. The lowest BCUT2D eigenvalue weighted by molar-refractivity contribution is -0.142. The highest BCUT2D eigenvalue weighted by atomic mass is 35.5. The van der Waals surface area contributed by atoms with Gasteiger partial charge in [-0.25, -0.2) is 0 Å². The van der Waals surface area contributed by atoms with Crippen LogP contribution in [-0.4, -0.2) is 41.6 Å². The Morgan fingerprint density at radius 2 is 1.48 bits per heavy atom. The number of rotatable bonds is 5. The standard InChI is InChI=1S/C19H13Cl2NO5/c1-10-2-4-11(5-3-10)16(23)9-27-17(24)8-22-18(25)12-6-14(20)15(21)7-13(12)19(22)26/h2-7H,8-9H2,1H3. The number of ketones is 1. The zero-order valence-electron chi connectivity index (χ0n) is 14.1. The molecule has 8 heteroatoms. The van der Waals surface area contributed by atoms with Crippen LogP contribution < -0.4 is 0 Å². The average Bonchev–Trinajstić information content (AvgIpc) is 2.85. The number of ether oxygens (including phenoxy) is 1. The van der Waals surface area contributed by atoms with E-state index in [1.54, 1.807) is 24.3 Å². The van der Waals surface area contributed by atoms with Gasteiger partial charge in [0.15, 0.2) is 12.4 Å². The molecule has 0 aliphatic carbocycles. The van der Waals surface area contributed by atoms with Gasteiger partial charge in [-0.15, -0.1) is 0 Å². The molecular formula is C19H13Cl2NO5. The minimum Gasteiger partial charge on any atom is -0.456 e. The zero-order chi connectivity index (χ0) is 19.7. The summed E-state index contributed by atoms with van der Waals surface area (Å²) in [5.74, 6) is -2.60. The Morgan fingerprint density at radius 1 is 0.963 bits per heavy atom. The van der Waals surface area contributed by atoms with E-state index in [1.807, 2.05) is 6.92 Å². The molecule has 2 amide bonds. The number of amides is 2. The highest BCUT2D eigenvalue weighted by molar-refractivity contribution is 6.43. The average molecular weight is 406 g/mol. The molecule has 0 spiro atoms. The van der Waals surface area contributed by atoms with Gasteiger partial charge < -0.3 is 4.74 Å². The van der Waals surface area contributed by atoms with Crippen LogP contribution in [0.5, 0.6) is 0 Å².